The molecule has 1 atom stereocenters. The minimum Gasteiger partial charge on any atom is -0.481 e. The number of aryl methyl sites for hydroxylation is 1. The number of nitrogens with zero attached hydrogens (tertiary/aromatic N) is 4. The second-order valence-corrected chi connectivity index (χ2v) is 15.6. The third kappa shape index (κ3) is 8.85. The van der Waals surface area contributed by atoms with Gasteiger partial charge in [-0.25, -0.2) is 22.0 Å². The Labute approximate surface area is 350 Å². The first kappa shape index (κ1) is 45.9. The first-order valence-corrected chi connectivity index (χ1v) is 20.3. The summed E-state index contributed by atoms with van der Waals surface area (Å²) in [5.74, 6) is -12.7. The monoisotopic (exact) mass is 847 g/mol. The number of hydrogen-bond donors (Lipinski definition) is 2. The van der Waals surface area contributed by atoms with Crippen LogP contribution in [0.5, 0.6) is 0 Å². The van der Waals surface area contributed by atoms with Crippen molar-refractivity contribution in [2.75, 3.05) is 18.0 Å². The molecule has 3 aromatic carbocycles. The Kier molecular flexibility index (Phi) is 14.3. The molecular formula is C46H48F5N4O6+. The molecule has 1 unspecified atom stereocenters. The predicted molar refractivity (Wildman–Crippen MR) is 219 cm³/mol. The summed E-state index contributed by atoms with van der Waals surface area (Å²) in [5.41, 5.74) is -0.140. The number of rotatable bonds is 19. The van der Waals surface area contributed by atoms with Crippen LogP contribution in [0.3, 0.4) is 0 Å². The van der Waals surface area contributed by atoms with Crippen molar-refractivity contribution in [3.05, 3.63) is 133 Å². The van der Waals surface area contributed by atoms with Crippen LogP contribution in [0.1, 0.15) is 101 Å². The maximum atomic E-state index is 15.4. The Morgan fingerprint density at radius 3 is 2.11 bits per heavy atom. The van der Waals surface area contributed by atoms with Gasteiger partial charge in [-0.15, -0.1) is 0 Å². The van der Waals surface area contributed by atoms with E-state index in [4.69, 9.17) is 0 Å². The van der Waals surface area contributed by atoms with Gasteiger partial charge in [-0.2, -0.15) is 9.84 Å². The van der Waals surface area contributed by atoms with Gasteiger partial charge in [0.15, 0.2) is 35.5 Å². The second-order valence-electron chi connectivity index (χ2n) is 15.6. The smallest absolute Gasteiger partial charge is 0.309 e. The van der Waals surface area contributed by atoms with Crippen molar-refractivity contribution in [2.45, 2.75) is 103 Å². The molecular weight excluding hydrogens is 800 g/mol. The van der Waals surface area contributed by atoms with E-state index < -0.39 is 75.2 Å². The van der Waals surface area contributed by atoms with Crippen molar-refractivity contribution < 1.29 is 51.3 Å². The number of carbonyl (C=O) groups is 2. The fourth-order valence-corrected chi connectivity index (χ4v) is 8.78. The molecule has 5 rings (SSSR count). The summed E-state index contributed by atoms with van der Waals surface area (Å²) in [4.78, 5) is 37.5. The molecule has 2 aliphatic heterocycles. The van der Waals surface area contributed by atoms with Crippen LogP contribution in [0.15, 0.2) is 72.0 Å². The lowest BCUT2D eigenvalue weighted by atomic mass is 9.69. The van der Waals surface area contributed by atoms with Crippen molar-refractivity contribution in [3.63, 3.8) is 0 Å². The van der Waals surface area contributed by atoms with Gasteiger partial charge in [0.05, 0.1) is 28.4 Å². The third-order valence-electron chi connectivity index (χ3n) is 11.8. The Morgan fingerprint density at radius 1 is 0.934 bits per heavy atom. The summed E-state index contributed by atoms with van der Waals surface area (Å²) in [5, 5.41) is 42.5. The molecule has 0 amide bonds. The molecule has 0 saturated carbocycles. The number of nitro benzene ring substituents is 1. The van der Waals surface area contributed by atoms with Gasteiger partial charge in [-0.05, 0) is 74.1 Å². The number of benzene rings is 3. The molecule has 0 saturated heterocycles. The highest BCUT2D eigenvalue weighted by Crippen LogP contribution is 2.52. The molecule has 2 heterocycles. The number of halogens is 5. The lowest BCUT2D eigenvalue weighted by Gasteiger charge is -2.31. The minimum atomic E-state index is -2.30. The van der Waals surface area contributed by atoms with E-state index in [1.807, 2.05) is 20.8 Å². The van der Waals surface area contributed by atoms with Crippen LogP contribution in [0.2, 0.25) is 0 Å². The van der Waals surface area contributed by atoms with Crippen LogP contribution < -0.4 is 4.90 Å². The maximum absolute atomic E-state index is 15.4. The van der Waals surface area contributed by atoms with E-state index in [-0.39, 0.29) is 36.5 Å². The van der Waals surface area contributed by atoms with Crippen LogP contribution in [0.25, 0.3) is 0 Å². The number of carboxylic acids is 2. The number of carboxylic acid groups (broad SMARTS) is 2. The average Bonchev–Trinajstić information content (AvgIpc) is 3.64. The SMILES string of the molecule is CCCCC1(CCCC)C(/C=C/C(C#N)=C/C=C2/N(CCC(=O)O)c3ccc(CC)cc3C2(C)Cc2c(F)c(F)c(F)c(F)c2F)=[N+](CCC(=O)O)c2cccc([N+](=O)[O-])c21. The number of hydrogen-bond acceptors (Lipinski definition) is 6. The zero-order valence-electron chi connectivity index (χ0n) is 34.5. The van der Waals surface area contributed by atoms with E-state index in [0.29, 0.717) is 60.3 Å². The van der Waals surface area contributed by atoms with E-state index in [1.165, 1.54) is 24.3 Å². The van der Waals surface area contributed by atoms with Crippen LogP contribution in [0, 0.1) is 50.5 Å². The number of fused-ring (bicyclic) bond motifs is 2. The Morgan fingerprint density at radius 2 is 1.56 bits per heavy atom. The van der Waals surface area contributed by atoms with Crippen molar-refractivity contribution in [3.8, 4) is 6.07 Å². The van der Waals surface area contributed by atoms with E-state index >= 15 is 8.78 Å². The summed E-state index contributed by atoms with van der Waals surface area (Å²) in [7, 11) is 0. The second kappa shape index (κ2) is 19.0. The zero-order chi connectivity index (χ0) is 44.8. The molecule has 0 fully saturated rings. The zero-order valence-corrected chi connectivity index (χ0v) is 34.5. The lowest BCUT2D eigenvalue weighted by molar-refractivity contribution is -0.437. The summed E-state index contributed by atoms with van der Waals surface area (Å²) in [6.07, 6.45) is 8.99. The van der Waals surface area contributed by atoms with Crippen molar-refractivity contribution >= 4 is 34.7 Å². The average molecular weight is 848 g/mol. The fourth-order valence-electron chi connectivity index (χ4n) is 8.78. The summed E-state index contributed by atoms with van der Waals surface area (Å²) < 4.78 is 75.9. The molecule has 2 N–H and O–H groups in total. The first-order valence-electron chi connectivity index (χ1n) is 20.3. The topological polar surface area (TPSA) is 148 Å². The van der Waals surface area contributed by atoms with Gasteiger partial charge in [-0.1, -0.05) is 58.6 Å². The van der Waals surface area contributed by atoms with Crippen LogP contribution in [0.4, 0.5) is 39.0 Å². The quantitative estimate of drug-likeness (QED) is 0.0177. The number of anilines is 1. The van der Waals surface area contributed by atoms with Gasteiger partial charge in [0.2, 0.25) is 11.5 Å². The molecule has 0 aliphatic carbocycles. The summed E-state index contributed by atoms with van der Waals surface area (Å²) >= 11 is 0. The van der Waals surface area contributed by atoms with E-state index in [0.717, 1.165) is 18.4 Å². The Balaban J connectivity index is 1.75. The van der Waals surface area contributed by atoms with Crippen molar-refractivity contribution in [2.24, 2.45) is 0 Å². The predicted octanol–water partition coefficient (Wildman–Crippen LogP) is 10.4. The van der Waals surface area contributed by atoms with Crippen LogP contribution in [-0.4, -0.2) is 50.5 Å². The molecule has 15 heteroatoms. The molecule has 10 nitrogen and oxygen atoms in total. The van der Waals surface area contributed by atoms with E-state index in [9.17, 15) is 48.3 Å². The standard InChI is InChI=1S/C46H47F5N4O6/c1-5-8-21-46(22-9-6-2)36(54(24-20-38(58)59)33-11-10-12-34(39(33)46)55(60)61)18-15-29(27-52)14-17-35-45(4,26-30-40(47)42(49)44(51)43(50)41(30)48)31-25-28(7-3)13-16-32(31)53(35)23-19-37(56)57/h10-18,25H,5-9,19-24,26H2,1-4H3,(H-,56,57,58,59)/p+1. The molecule has 0 bridgehead atoms. The van der Waals surface area contributed by atoms with E-state index in [2.05, 4.69) is 6.07 Å². The highest BCUT2D eigenvalue weighted by Gasteiger charge is 2.54. The van der Waals surface area contributed by atoms with Crippen LogP contribution >= 0.6 is 0 Å². The number of unbranched alkanes of at least 4 members (excludes halogenated alkanes) is 2. The van der Waals surface area contributed by atoms with Gasteiger partial charge in [0.1, 0.15) is 12.0 Å². The molecule has 61 heavy (non-hydrogen) atoms. The Bertz CT molecular complexity index is 2380. The normalized spacial score (nSPS) is 17.6. The lowest BCUT2D eigenvalue weighted by Crippen LogP contribution is -2.35. The minimum absolute atomic E-state index is 0.0190. The Hall–Kier alpha value is -6.17. The molecule has 0 spiro atoms. The molecule has 0 radical (unpaired) electrons. The molecule has 322 valence electrons. The largest absolute Gasteiger partial charge is 0.481 e. The molecule has 3 aromatic rings. The fraction of sp³-hybridized carbons (Fsp3) is 0.391. The van der Waals surface area contributed by atoms with Gasteiger partial charge in [-0.3, -0.25) is 19.7 Å². The molecule has 0 aromatic heterocycles. The third-order valence-corrected chi connectivity index (χ3v) is 11.8. The first-order chi connectivity index (χ1) is 29.0. The number of aliphatic carboxylic acids is 2. The highest BCUT2D eigenvalue weighted by atomic mass is 19.2. The van der Waals surface area contributed by atoms with Gasteiger partial charge >= 0.3 is 11.9 Å². The maximum Gasteiger partial charge on any atom is 0.309 e. The van der Waals surface area contributed by atoms with Crippen molar-refractivity contribution in [1.29, 1.82) is 5.26 Å². The van der Waals surface area contributed by atoms with Gasteiger partial charge < -0.3 is 15.1 Å². The number of nitro groups is 1. The molecule has 2 aliphatic rings. The summed E-state index contributed by atoms with van der Waals surface area (Å²) in [6.45, 7) is 7.24. The van der Waals surface area contributed by atoms with E-state index in [1.54, 1.807) is 52.8 Å². The summed E-state index contributed by atoms with van der Waals surface area (Å²) in [6, 6.07) is 12.1. The van der Waals surface area contributed by atoms with Gasteiger partial charge in [0, 0.05) is 47.1 Å². The van der Waals surface area contributed by atoms with Crippen molar-refractivity contribution in [1.82, 2.24) is 0 Å². The highest BCUT2D eigenvalue weighted by molar-refractivity contribution is 6.05. The number of allylic oxidation sites excluding steroid dienone is 6. The van der Waals surface area contributed by atoms with Crippen LogP contribution in [-0.2, 0) is 33.3 Å². The number of nitriles is 1. The van der Waals surface area contributed by atoms with Gasteiger partial charge in [0.25, 0.3) is 5.69 Å².